The van der Waals surface area contributed by atoms with Gasteiger partial charge in [0, 0.05) is 0 Å². The van der Waals surface area contributed by atoms with E-state index in [1.807, 2.05) is 12.2 Å². The number of allylic oxidation sites excluding steroid dienone is 8. The van der Waals surface area contributed by atoms with Crippen molar-refractivity contribution >= 4 is 19.7 Å². The van der Waals surface area contributed by atoms with Crippen LogP contribution in [0.1, 0.15) is 12.8 Å². The molecule has 0 bridgehead atoms. The fourth-order valence-electron chi connectivity index (χ4n) is 1.47. The summed E-state index contributed by atoms with van der Waals surface area (Å²) in [6.45, 7) is 0. The maximum absolute atomic E-state index is 6.47. The van der Waals surface area contributed by atoms with Crippen LogP contribution in [-0.4, -0.2) is 0 Å². The molecule has 2 rings (SSSR count). The minimum atomic E-state index is -2.65. The molecule has 0 saturated carbocycles. The van der Waals surface area contributed by atoms with E-state index in [1.165, 1.54) is 8.57 Å². The van der Waals surface area contributed by atoms with Crippen LogP contribution >= 0.6 is 19.7 Å². The summed E-state index contributed by atoms with van der Waals surface area (Å²) in [5.41, 5.74) is 0. The molecule has 0 aliphatic heterocycles. The van der Waals surface area contributed by atoms with Gasteiger partial charge in [0.05, 0.1) is 0 Å². The normalized spacial score (nSPS) is 20.8. The first-order chi connectivity index (χ1) is 6.21. The van der Waals surface area contributed by atoms with E-state index in [4.69, 9.17) is 19.7 Å². The molecule has 0 atom stereocenters. The first kappa shape index (κ1) is 9.67. The van der Waals surface area contributed by atoms with Crippen molar-refractivity contribution in [3.8, 4) is 0 Å². The van der Waals surface area contributed by atoms with Crippen molar-refractivity contribution in [3.05, 3.63) is 45.0 Å². The van der Waals surface area contributed by atoms with Gasteiger partial charge in [-0.2, -0.15) is 0 Å². The Bertz CT molecular complexity index is 303. The van der Waals surface area contributed by atoms with Crippen LogP contribution in [0.5, 0.6) is 0 Å². The van der Waals surface area contributed by atoms with Gasteiger partial charge in [-0.25, -0.2) is 0 Å². The van der Waals surface area contributed by atoms with E-state index in [-0.39, 0.29) is 0 Å². The Morgan fingerprint density at radius 2 is 1.38 bits per heavy atom. The summed E-state index contributed by atoms with van der Waals surface area (Å²) < 4.78 is 2.49. The molecule has 0 aromatic heterocycles. The molecule has 0 radical (unpaired) electrons. The van der Waals surface area contributed by atoms with Crippen LogP contribution in [0.3, 0.4) is 0 Å². The molecule has 0 unspecified atom stereocenters. The van der Waals surface area contributed by atoms with Crippen LogP contribution in [0.15, 0.2) is 45.0 Å². The van der Waals surface area contributed by atoms with Crippen molar-refractivity contribution in [1.29, 1.82) is 0 Å². The van der Waals surface area contributed by atoms with Gasteiger partial charge in [-0.3, -0.25) is 0 Å². The van der Waals surface area contributed by atoms with Crippen molar-refractivity contribution in [3.63, 3.8) is 0 Å². The quantitative estimate of drug-likeness (QED) is 0.692. The second-order valence-corrected chi connectivity index (χ2v) is 11.4. The number of halogens is 2. The van der Waals surface area contributed by atoms with Crippen LogP contribution in [0.25, 0.3) is 0 Å². The summed E-state index contributed by atoms with van der Waals surface area (Å²) in [7, 11) is 12.9. The van der Waals surface area contributed by atoms with Crippen LogP contribution in [0.2, 0.25) is 0 Å². The topological polar surface area (TPSA) is 0 Å². The van der Waals surface area contributed by atoms with Crippen molar-refractivity contribution in [2.24, 2.45) is 0 Å². The third-order valence-electron chi connectivity index (χ3n) is 2.22. The summed E-state index contributed by atoms with van der Waals surface area (Å²) in [5, 5.41) is 0. The summed E-state index contributed by atoms with van der Waals surface area (Å²) in [5.74, 6) is 0. The maximum atomic E-state index is 6.47. The summed E-state index contributed by atoms with van der Waals surface area (Å²) in [4.78, 5) is 0. The molecule has 2 aliphatic carbocycles. The molecule has 0 aromatic carbocycles. The Labute approximate surface area is 89.4 Å². The number of hydrogen-bond donors (Lipinski definition) is 0. The zero-order valence-electron chi connectivity index (χ0n) is 7.08. The van der Waals surface area contributed by atoms with E-state index < -0.39 is 12.1 Å². The van der Waals surface area contributed by atoms with E-state index in [2.05, 4.69) is 24.3 Å². The van der Waals surface area contributed by atoms with Crippen molar-refractivity contribution < 1.29 is 12.1 Å². The van der Waals surface area contributed by atoms with Gasteiger partial charge < -0.3 is 0 Å². The average molecular weight is 252 g/mol. The molecule has 2 aliphatic rings. The molecule has 13 heavy (non-hydrogen) atoms. The zero-order chi connectivity index (χ0) is 9.31. The van der Waals surface area contributed by atoms with Gasteiger partial charge in [0.15, 0.2) is 0 Å². The molecule has 0 N–H and O–H groups in total. The number of hydrogen-bond acceptors (Lipinski definition) is 0. The Morgan fingerprint density at radius 3 is 1.69 bits per heavy atom. The molecule has 69 valence electrons. The predicted octanol–water partition coefficient (Wildman–Crippen LogP) is 4.14. The average Bonchev–Trinajstić information content (AvgIpc) is 2.78. The molecule has 0 saturated heterocycles. The molecule has 0 spiro atoms. The van der Waals surface area contributed by atoms with Crippen molar-refractivity contribution in [2.45, 2.75) is 12.8 Å². The number of rotatable bonds is 2. The summed E-state index contributed by atoms with van der Waals surface area (Å²) in [6, 6.07) is 0. The molecule has 0 aromatic rings. The second-order valence-electron chi connectivity index (χ2n) is 3.09. The van der Waals surface area contributed by atoms with Crippen LogP contribution in [-0.2, 0) is 12.1 Å². The second kappa shape index (κ2) is 3.70. The van der Waals surface area contributed by atoms with Gasteiger partial charge in [0.25, 0.3) is 0 Å². The van der Waals surface area contributed by atoms with Gasteiger partial charge in [-0.15, -0.1) is 0 Å². The fraction of sp³-hybridized carbons (Fsp3) is 0.200. The minimum absolute atomic E-state index is 0.942. The van der Waals surface area contributed by atoms with E-state index in [9.17, 15) is 0 Å². The van der Waals surface area contributed by atoms with Crippen LogP contribution < -0.4 is 0 Å². The van der Waals surface area contributed by atoms with Gasteiger partial charge in [0.2, 0.25) is 0 Å². The first-order valence-corrected chi connectivity index (χ1v) is 9.46. The van der Waals surface area contributed by atoms with Gasteiger partial charge in [0.1, 0.15) is 0 Å². The van der Waals surface area contributed by atoms with Crippen LogP contribution in [0.4, 0.5) is 0 Å². The third-order valence-corrected chi connectivity index (χ3v) is 9.09. The fourth-order valence-corrected chi connectivity index (χ4v) is 6.02. The molecular formula is C10H10Cl2V. The van der Waals surface area contributed by atoms with E-state index in [1.54, 1.807) is 0 Å². The Hall–Kier alpha value is 0.124. The third kappa shape index (κ3) is 1.82. The monoisotopic (exact) mass is 251 g/mol. The van der Waals surface area contributed by atoms with Crippen molar-refractivity contribution in [2.75, 3.05) is 0 Å². The SMILES string of the molecule is [Cl][V]([Cl])([C]1=CC=CC1)[C]1=CC=CC1. The molecule has 0 fully saturated rings. The first-order valence-electron chi connectivity index (χ1n) is 4.22. The van der Waals surface area contributed by atoms with Crippen molar-refractivity contribution in [1.82, 2.24) is 0 Å². The van der Waals surface area contributed by atoms with E-state index in [0.717, 1.165) is 12.8 Å². The van der Waals surface area contributed by atoms with E-state index >= 15 is 0 Å². The molecule has 3 heteroatoms. The molecule has 0 amide bonds. The Morgan fingerprint density at radius 1 is 0.923 bits per heavy atom. The summed E-state index contributed by atoms with van der Waals surface area (Å²) >= 11 is -2.65. The molecule has 0 heterocycles. The summed E-state index contributed by atoms with van der Waals surface area (Å²) in [6.07, 6.45) is 14.3. The Balaban J connectivity index is 2.20. The van der Waals surface area contributed by atoms with Crippen LogP contribution in [0, 0.1) is 0 Å². The molecule has 0 nitrogen and oxygen atoms in total. The van der Waals surface area contributed by atoms with Gasteiger partial charge in [-0.05, 0) is 0 Å². The predicted molar refractivity (Wildman–Crippen MR) is 55.4 cm³/mol. The Kier molecular flexibility index (Phi) is 2.76. The molecular weight excluding hydrogens is 242 g/mol. The zero-order valence-corrected chi connectivity index (χ0v) is 9.99. The van der Waals surface area contributed by atoms with Gasteiger partial charge in [-0.1, -0.05) is 0 Å². The van der Waals surface area contributed by atoms with Gasteiger partial charge >= 0.3 is 89.7 Å². The standard InChI is InChI=1S/2C5H5.2ClH.V/c2*1-2-4-5-3-1;;;/h2*1-3H,4H2;2*1H;/q;;;;+2/p-2. The van der Waals surface area contributed by atoms with E-state index in [0.29, 0.717) is 0 Å².